The highest BCUT2D eigenvalue weighted by atomic mass is 35.5. The van der Waals surface area contributed by atoms with Crippen LogP contribution >= 0.6 is 11.6 Å². The third-order valence-electron chi connectivity index (χ3n) is 6.55. The lowest BCUT2D eigenvalue weighted by atomic mass is 9.74. The van der Waals surface area contributed by atoms with Gasteiger partial charge in [-0.2, -0.15) is 18.2 Å². The monoisotopic (exact) mass is 493 g/mol. The van der Waals surface area contributed by atoms with Gasteiger partial charge in [-0.1, -0.05) is 29.8 Å². The predicted octanol–water partition coefficient (Wildman–Crippen LogP) is 4.45. The number of Topliss-reactive ketones (excluding diaryl/α,β-unsaturated/α-hetero) is 1. The third-order valence-corrected chi connectivity index (χ3v) is 6.88. The predicted molar refractivity (Wildman–Crippen MR) is 118 cm³/mol. The van der Waals surface area contributed by atoms with E-state index in [1.54, 1.807) is 45.2 Å². The van der Waals surface area contributed by atoms with Gasteiger partial charge in [0, 0.05) is 41.0 Å². The Kier molecular flexibility index (Phi) is 6.14. The van der Waals surface area contributed by atoms with Crippen molar-refractivity contribution < 1.29 is 22.8 Å². The van der Waals surface area contributed by atoms with E-state index in [2.05, 4.69) is 15.1 Å². The van der Waals surface area contributed by atoms with Crippen LogP contribution < -0.4 is 0 Å². The van der Waals surface area contributed by atoms with Gasteiger partial charge in [-0.25, -0.2) is 9.50 Å². The van der Waals surface area contributed by atoms with Crippen LogP contribution in [-0.4, -0.2) is 43.2 Å². The molecule has 3 aromatic rings. The van der Waals surface area contributed by atoms with Crippen LogP contribution in [0.3, 0.4) is 0 Å². The zero-order chi connectivity index (χ0) is 24.8. The number of hydrogen-bond acceptors (Lipinski definition) is 5. The van der Waals surface area contributed by atoms with Gasteiger partial charge in [0.2, 0.25) is 5.91 Å². The third kappa shape index (κ3) is 3.93. The molecule has 0 aliphatic heterocycles. The molecule has 4 rings (SSSR count). The summed E-state index contributed by atoms with van der Waals surface area (Å²) in [6.07, 6.45) is -2.64. The van der Waals surface area contributed by atoms with E-state index in [9.17, 15) is 22.8 Å². The molecule has 1 aromatic carbocycles. The summed E-state index contributed by atoms with van der Waals surface area (Å²) in [5, 5.41) is 3.93. The van der Waals surface area contributed by atoms with Gasteiger partial charge in [-0.3, -0.25) is 9.59 Å². The van der Waals surface area contributed by atoms with Crippen molar-refractivity contribution in [3.8, 4) is 0 Å². The summed E-state index contributed by atoms with van der Waals surface area (Å²) in [6.45, 7) is 3.17. The average Bonchev–Trinajstić information content (AvgIpc) is 3.22. The number of aryl methyl sites for hydroxylation is 2. The molecule has 0 N–H and O–H groups in total. The van der Waals surface area contributed by atoms with E-state index < -0.39 is 17.5 Å². The van der Waals surface area contributed by atoms with Crippen molar-refractivity contribution in [3.05, 3.63) is 57.6 Å². The van der Waals surface area contributed by atoms with E-state index in [4.69, 9.17) is 11.6 Å². The first-order valence-corrected chi connectivity index (χ1v) is 11.2. The van der Waals surface area contributed by atoms with Gasteiger partial charge in [0.25, 0.3) is 11.6 Å². The Morgan fingerprint density at radius 1 is 1.21 bits per heavy atom. The molecule has 2 heterocycles. The minimum Gasteiger partial charge on any atom is -0.329 e. The Balaban J connectivity index is 1.74. The summed E-state index contributed by atoms with van der Waals surface area (Å²) < 4.78 is 40.2. The van der Waals surface area contributed by atoms with Gasteiger partial charge in [-0.05, 0) is 39.2 Å². The lowest BCUT2D eigenvalue weighted by Gasteiger charge is -2.44. The van der Waals surface area contributed by atoms with Crippen LogP contribution in [0, 0.1) is 13.8 Å². The molecule has 0 saturated heterocycles. The van der Waals surface area contributed by atoms with Crippen molar-refractivity contribution in [2.24, 2.45) is 0 Å². The molecule has 1 saturated carbocycles. The van der Waals surface area contributed by atoms with Gasteiger partial charge in [0.1, 0.15) is 5.54 Å². The van der Waals surface area contributed by atoms with E-state index in [1.165, 1.54) is 4.90 Å². The summed E-state index contributed by atoms with van der Waals surface area (Å²) in [5.41, 5.74) is 0.499. The summed E-state index contributed by atoms with van der Waals surface area (Å²) >= 11 is 6.47. The second-order valence-corrected chi connectivity index (χ2v) is 8.91. The Morgan fingerprint density at radius 3 is 2.56 bits per heavy atom. The Labute approximate surface area is 198 Å². The molecule has 34 heavy (non-hydrogen) atoms. The van der Waals surface area contributed by atoms with Crippen molar-refractivity contribution in [2.75, 3.05) is 7.05 Å². The molecule has 7 nitrogen and oxygen atoms in total. The topological polar surface area (TPSA) is 80.5 Å². The number of carbonyl (C=O) groups excluding carboxylic acids is 2. The number of halogens is 4. The van der Waals surface area contributed by atoms with Crippen molar-refractivity contribution in [2.45, 2.75) is 57.7 Å². The molecule has 1 aliphatic rings. The van der Waals surface area contributed by atoms with Gasteiger partial charge in [0.15, 0.2) is 5.78 Å². The molecular formula is C23H23ClF3N5O2. The average molecular weight is 494 g/mol. The normalized spacial score (nSPS) is 19.0. The fraction of sp³-hybridized carbons (Fsp3) is 0.435. The second-order valence-electron chi connectivity index (χ2n) is 8.51. The van der Waals surface area contributed by atoms with Gasteiger partial charge in [-0.15, -0.1) is 5.10 Å². The minimum atomic E-state index is -4.72. The number of ketones is 1. The fourth-order valence-corrected chi connectivity index (χ4v) is 4.99. The first-order chi connectivity index (χ1) is 16.0. The molecule has 0 bridgehead atoms. The zero-order valence-corrected chi connectivity index (χ0v) is 19.7. The summed E-state index contributed by atoms with van der Waals surface area (Å²) in [6, 6.07) is 6.98. The molecule has 1 atom stereocenters. The molecule has 1 fully saturated rings. The van der Waals surface area contributed by atoms with Crippen molar-refractivity contribution in [1.82, 2.24) is 24.5 Å². The van der Waals surface area contributed by atoms with Crippen molar-refractivity contribution in [3.63, 3.8) is 0 Å². The maximum absolute atomic E-state index is 13.5. The Bertz CT molecular complexity index is 1290. The number of fused-ring (bicyclic) bond motifs is 1. The van der Waals surface area contributed by atoms with Crippen LogP contribution in [0.25, 0.3) is 5.78 Å². The van der Waals surface area contributed by atoms with Crippen LogP contribution in [0.1, 0.15) is 54.0 Å². The molecule has 0 spiro atoms. The number of benzene rings is 1. The number of aromatic nitrogens is 4. The van der Waals surface area contributed by atoms with E-state index in [1.807, 2.05) is 0 Å². The quantitative estimate of drug-likeness (QED) is 0.536. The zero-order valence-electron chi connectivity index (χ0n) is 18.9. The maximum Gasteiger partial charge on any atom is 0.453 e. The van der Waals surface area contributed by atoms with E-state index in [0.717, 1.165) is 17.4 Å². The SMILES string of the molecule is Cc1nc2nc(C(F)(F)F)nn2c(C)c1CC(=O)N(C)[C@]1(c2ccccc2Cl)CCCCC1=O. The fourth-order valence-electron chi connectivity index (χ4n) is 4.70. The molecule has 0 radical (unpaired) electrons. The largest absolute Gasteiger partial charge is 0.453 e. The number of amides is 1. The molecule has 0 unspecified atom stereocenters. The number of alkyl halides is 3. The summed E-state index contributed by atoms with van der Waals surface area (Å²) in [4.78, 5) is 35.8. The standard InChI is InChI=1S/C23H23ClF3N5O2/c1-13-15(14(2)32-21(28-13)29-20(30-32)23(25,26)27)12-19(34)31(3)22(11-7-6-10-18(22)33)16-8-4-5-9-17(16)24/h4-5,8-9H,6-7,10-12H2,1-3H3/t22-/m0/s1. The van der Waals surface area contributed by atoms with Gasteiger partial charge >= 0.3 is 6.18 Å². The van der Waals surface area contributed by atoms with Crippen LogP contribution in [0.5, 0.6) is 0 Å². The number of likely N-dealkylation sites (N-methyl/N-ethyl adjacent to an activating group) is 1. The molecule has 11 heteroatoms. The second kappa shape index (κ2) is 8.65. The highest BCUT2D eigenvalue weighted by Gasteiger charge is 2.48. The number of nitrogens with zero attached hydrogens (tertiary/aromatic N) is 5. The first kappa shape index (κ1) is 24.1. The van der Waals surface area contributed by atoms with E-state index in [-0.39, 0.29) is 23.9 Å². The molecule has 1 aliphatic carbocycles. The first-order valence-electron chi connectivity index (χ1n) is 10.8. The van der Waals surface area contributed by atoms with Crippen LogP contribution in [-0.2, 0) is 27.7 Å². The smallest absolute Gasteiger partial charge is 0.329 e. The number of hydrogen-bond donors (Lipinski definition) is 0. The highest BCUT2D eigenvalue weighted by Crippen LogP contribution is 2.42. The van der Waals surface area contributed by atoms with E-state index in [0.29, 0.717) is 40.4 Å². The maximum atomic E-state index is 13.5. The number of rotatable bonds is 4. The molecule has 2 aromatic heterocycles. The van der Waals surface area contributed by atoms with Crippen molar-refractivity contribution in [1.29, 1.82) is 0 Å². The molecule has 1 amide bonds. The number of carbonyl (C=O) groups is 2. The minimum absolute atomic E-state index is 0.0872. The van der Waals surface area contributed by atoms with Crippen LogP contribution in [0.2, 0.25) is 5.02 Å². The van der Waals surface area contributed by atoms with Gasteiger partial charge < -0.3 is 4.90 Å². The van der Waals surface area contributed by atoms with E-state index >= 15 is 0 Å². The molecular weight excluding hydrogens is 471 g/mol. The Morgan fingerprint density at radius 2 is 1.91 bits per heavy atom. The Hall–Kier alpha value is -3.01. The summed E-state index contributed by atoms with van der Waals surface area (Å²) in [7, 11) is 1.57. The van der Waals surface area contributed by atoms with Crippen molar-refractivity contribution >= 4 is 29.1 Å². The highest BCUT2D eigenvalue weighted by molar-refractivity contribution is 6.31. The molecule has 180 valence electrons. The van der Waals surface area contributed by atoms with Crippen LogP contribution in [0.15, 0.2) is 24.3 Å². The summed E-state index contributed by atoms with van der Waals surface area (Å²) in [5.74, 6) is -1.95. The van der Waals surface area contributed by atoms with Gasteiger partial charge in [0.05, 0.1) is 6.42 Å². The van der Waals surface area contributed by atoms with Crippen LogP contribution in [0.4, 0.5) is 13.2 Å². The lowest BCUT2D eigenvalue weighted by Crippen LogP contribution is -2.54. The lowest BCUT2D eigenvalue weighted by molar-refractivity contribution is -0.147.